The van der Waals surface area contributed by atoms with Crippen molar-refractivity contribution in [2.45, 2.75) is 13.3 Å². The molecule has 0 aromatic rings. The van der Waals surface area contributed by atoms with Crippen LogP contribution in [0.4, 0.5) is 0 Å². The Morgan fingerprint density at radius 3 is 2.55 bits per heavy atom. The number of azo groups is 1. The highest BCUT2D eigenvalue weighted by Crippen LogP contribution is 2.18. The summed E-state index contributed by atoms with van der Waals surface area (Å²) in [6, 6.07) is 0. The maximum Gasteiger partial charge on any atom is 0.302 e. The monoisotopic (exact) mass is 153 g/mol. The average molecular weight is 153 g/mol. The van der Waals surface area contributed by atoms with Gasteiger partial charge in [0.25, 0.3) is 5.91 Å². The number of nitrogens with zero attached hydrogens (tertiary/aromatic N) is 2. The van der Waals surface area contributed by atoms with Crippen LogP contribution in [0.5, 0.6) is 0 Å². The van der Waals surface area contributed by atoms with Gasteiger partial charge in [-0.05, 0) is 6.42 Å². The van der Waals surface area contributed by atoms with E-state index in [1.807, 2.05) is 0 Å². The molecule has 11 heavy (non-hydrogen) atoms. The molecular weight excluding hydrogens is 146 g/mol. The van der Waals surface area contributed by atoms with E-state index < -0.39 is 11.8 Å². The number of carbonyl (C=O) groups is 2. The number of amides is 2. The van der Waals surface area contributed by atoms with Crippen LogP contribution in [-0.4, -0.2) is 11.8 Å². The molecule has 5 nitrogen and oxygen atoms in total. The zero-order valence-corrected chi connectivity index (χ0v) is 6.00. The van der Waals surface area contributed by atoms with Gasteiger partial charge in [0.15, 0.2) is 0 Å². The summed E-state index contributed by atoms with van der Waals surface area (Å²) < 4.78 is 0. The van der Waals surface area contributed by atoms with Crippen molar-refractivity contribution >= 4 is 11.8 Å². The fourth-order valence-corrected chi connectivity index (χ4v) is 0.824. The van der Waals surface area contributed by atoms with E-state index >= 15 is 0 Å². The van der Waals surface area contributed by atoms with Crippen molar-refractivity contribution in [3.8, 4) is 0 Å². The lowest BCUT2D eigenvalue weighted by Crippen LogP contribution is -2.18. The summed E-state index contributed by atoms with van der Waals surface area (Å²) >= 11 is 0. The Hall–Kier alpha value is -1.52. The quantitative estimate of drug-likeness (QED) is 0.571. The lowest BCUT2D eigenvalue weighted by Gasteiger charge is -1.92. The molecule has 0 atom stereocenters. The highest BCUT2D eigenvalue weighted by molar-refractivity contribution is 6.19. The molecule has 0 saturated heterocycles. The Morgan fingerprint density at radius 2 is 2.18 bits per heavy atom. The van der Waals surface area contributed by atoms with Crippen LogP contribution in [0, 0.1) is 0 Å². The van der Waals surface area contributed by atoms with Crippen LogP contribution in [0.1, 0.15) is 13.3 Å². The molecule has 1 rings (SSSR count). The minimum Gasteiger partial charge on any atom is -0.365 e. The first-order chi connectivity index (χ1) is 5.16. The molecule has 1 aliphatic rings. The second-order valence-corrected chi connectivity index (χ2v) is 2.04. The van der Waals surface area contributed by atoms with Crippen LogP contribution in [0.3, 0.4) is 0 Å². The molecule has 0 aromatic heterocycles. The number of carbonyl (C=O) groups excluding carboxylic acids is 2. The molecule has 0 aromatic carbocycles. The molecule has 0 unspecified atom stereocenters. The molecule has 0 spiro atoms. The minimum absolute atomic E-state index is 0.0764. The smallest absolute Gasteiger partial charge is 0.302 e. The Kier molecular flexibility index (Phi) is 1.80. The van der Waals surface area contributed by atoms with E-state index in [4.69, 9.17) is 5.73 Å². The maximum absolute atomic E-state index is 10.8. The Balaban J connectivity index is 3.07. The molecule has 1 aliphatic heterocycles. The second-order valence-electron chi connectivity index (χ2n) is 2.04. The van der Waals surface area contributed by atoms with Crippen molar-refractivity contribution in [2.24, 2.45) is 16.0 Å². The summed E-state index contributed by atoms with van der Waals surface area (Å²) in [6.45, 7) is 1.77. The van der Waals surface area contributed by atoms with E-state index in [1.165, 1.54) is 0 Å². The van der Waals surface area contributed by atoms with Crippen LogP contribution in [-0.2, 0) is 9.59 Å². The minimum atomic E-state index is -0.753. The number of allylic oxidation sites excluding steroid dienone is 1. The first kappa shape index (κ1) is 7.59. The molecule has 0 aliphatic carbocycles. The predicted octanol–water partition coefficient (Wildman–Crippen LogP) is 0.128. The van der Waals surface area contributed by atoms with Gasteiger partial charge in [0.2, 0.25) is 0 Å². The van der Waals surface area contributed by atoms with Crippen LogP contribution < -0.4 is 5.73 Å². The van der Waals surface area contributed by atoms with E-state index in [9.17, 15) is 9.59 Å². The van der Waals surface area contributed by atoms with Gasteiger partial charge in [0.1, 0.15) is 5.57 Å². The molecule has 5 heteroatoms. The molecule has 0 radical (unpaired) electrons. The first-order valence-corrected chi connectivity index (χ1v) is 3.15. The average Bonchev–Trinajstić information content (AvgIpc) is 2.30. The van der Waals surface area contributed by atoms with Crippen LogP contribution >= 0.6 is 0 Å². The Bertz CT molecular complexity index is 278. The number of primary amides is 1. The van der Waals surface area contributed by atoms with Crippen LogP contribution in [0.2, 0.25) is 0 Å². The highest BCUT2D eigenvalue weighted by atomic mass is 16.2. The summed E-state index contributed by atoms with van der Waals surface area (Å²) in [4.78, 5) is 21.4. The fraction of sp³-hybridized carbons (Fsp3) is 0.333. The lowest BCUT2D eigenvalue weighted by atomic mass is 10.1. The zero-order valence-electron chi connectivity index (χ0n) is 6.00. The molecule has 0 saturated carbocycles. The third-order valence-electron chi connectivity index (χ3n) is 1.35. The summed E-state index contributed by atoms with van der Waals surface area (Å²) in [5, 5.41) is 6.69. The van der Waals surface area contributed by atoms with Gasteiger partial charge < -0.3 is 5.73 Å². The molecular formula is C6H7N3O2. The van der Waals surface area contributed by atoms with E-state index in [2.05, 4.69) is 10.2 Å². The van der Waals surface area contributed by atoms with E-state index in [0.29, 0.717) is 12.1 Å². The molecule has 2 N–H and O–H groups in total. The van der Waals surface area contributed by atoms with Gasteiger partial charge in [0.05, 0.1) is 5.70 Å². The van der Waals surface area contributed by atoms with Crippen LogP contribution in [0.15, 0.2) is 21.5 Å². The third-order valence-corrected chi connectivity index (χ3v) is 1.35. The number of rotatable bonds is 2. The first-order valence-electron chi connectivity index (χ1n) is 3.15. The number of nitrogens with two attached hydrogens (primary N) is 1. The van der Waals surface area contributed by atoms with Gasteiger partial charge in [0, 0.05) is 0 Å². The predicted molar refractivity (Wildman–Crippen MR) is 36.4 cm³/mol. The molecule has 1 heterocycles. The normalized spacial score (nSPS) is 16.3. The Morgan fingerprint density at radius 1 is 1.55 bits per heavy atom. The molecule has 58 valence electrons. The van der Waals surface area contributed by atoms with Crippen molar-refractivity contribution in [1.82, 2.24) is 0 Å². The second kappa shape index (κ2) is 2.61. The topological polar surface area (TPSA) is 84.9 Å². The van der Waals surface area contributed by atoms with Crippen LogP contribution in [0.25, 0.3) is 0 Å². The largest absolute Gasteiger partial charge is 0.365 e. The van der Waals surface area contributed by atoms with Gasteiger partial charge in [-0.3, -0.25) is 9.59 Å². The molecule has 0 fully saturated rings. The van der Waals surface area contributed by atoms with Gasteiger partial charge in [-0.15, -0.1) is 5.11 Å². The molecule has 0 bridgehead atoms. The number of hydrogen-bond donors (Lipinski definition) is 1. The number of hydrogen-bond acceptors (Lipinski definition) is 3. The molecule has 2 amide bonds. The summed E-state index contributed by atoms with van der Waals surface area (Å²) in [7, 11) is 0. The lowest BCUT2D eigenvalue weighted by molar-refractivity contribution is -0.120. The Labute approximate surface area is 63.0 Å². The van der Waals surface area contributed by atoms with E-state index in [1.54, 1.807) is 6.92 Å². The van der Waals surface area contributed by atoms with Crippen molar-refractivity contribution in [3.63, 3.8) is 0 Å². The summed E-state index contributed by atoms with van der Waals surface area (Å²) in [6.07, 6.45) is 0.494. The van der Waals surface area contributed by atoms with Gasteiger partial charge in [-0.25, -0.2) is 0 Å². The van der Waals surface area contributed by atoms with Crippen molar-refractivity contribution < 1.29 is 9.59 Å². The van der Waals surface area contributed by atoms with Gasteiger partial charge in [-0.2, -0.15) is 5.11 Å². The SMILES string of the molecule is CCC1=C(C(N)=O)C(=O)N=N1. The van der Waals surface area contributed by atoms with Gasteiger partial charge >= 0.3 is 5.91 Å². The van der Waals surface area contributed by atoms with Gasteiger partial charge in [-0.1, -0.05) is 6.92 Å². The maximum atomic E-state index is 10.8. The van der Waals surface area contributed by atoms with Crippen molar-refractivity contribution in [1.29, 1.82) is 0 Å². The summed E-state index contributed by atoms with van der Waals surface area (Å²) in [5.74, 6) is -1.38. The van der Waals surface area contributed by atoms with Crippen molar-refractivity contribution in [3.05, 3.63) is 11.3 Å². The summed E-state index contributed by atoms with van der Waals surface area (Å²) in [5.41, 5.74) is 5.22. The standard InChI is InChI=1S/C6H7N3O2/c1-2-3-4(5(7)10)6(11)9-8-3/h2H2,1H3,(H2,7,10). The fourth-order valence-electron chi connectivity index (χ4n) is 0.824. The highest BCUT2D eigenvalue weighted by Gasteiger charge is 2.24. The van der Waals surface area contributed by atoms with Crippen molar-refractivity contribution in [2.75, 3.05) is 0 Å². The third kappa shape index (κ3) is 1.17. The van der Waals surface area contributed by atoms with E-state index in [0.717, 1.165) is 0 Å². The van der Waals surface area contributed by atoms with E-state index in [-0.39, 0.29) is 5.57 Å². The zero-order chi connectivity index (χ0) is 8.43.